The van der Waals surface area contributed by atoms with Crippen LogP contribution < -0.4 is 4.90 Å². The predicted octanol–water partition coefficient (Wildman–Crippen LogP) is 3.77. The summed E-state index contributed by atoms with van der Waals surface area (Å²) < 4.78 is 4.00. The van der Waals surface area contributed by atoms with Gasteiger partial charge in [0.25, 0.3) is 0 Å². The molecule has 3 fully saturated rings. The van der Waals surface area contributed by atoms with Crippen molar-refractivity contribution in [1.82, 2.24) is 38.8 Å². The molecule has 0 bridgehead atoms. The number of pyridine rings is 2. The van der Waals surface area contributed by atoms with Crippen LogP contribution in [0.25, 0.3) is 16.8 Å². The number of carbonyl (C=O) groups excluding carboxylic acids is 2. The molecule has 0 radical (unpaired) electrons. The van der Waals surface area contributed by atoms with E-state index in [0.29, 0.717) is 29.7 Å². The van der Waals surface area contributed by atoms with E-state index in [4.69, 9.17) is 9.97 Å². The lowest BCUT2D eigenvalue weighted by molar-refractivity contribution is -0.123. The Morgan fingerprint density at radius 3 is 2.62 bits per heavy atom. The second-order valence-electron chi connectivity index (χ2n) is 11.2. The summed E-state index contributed by atoms with van der Waals surface area (Å²) in [6.45, 7) is 2.49. The summed E-state index contributed by atoms with van der Waals surface area (Å²) in [5.74, 6) is 1.74. The molecule has 0 unspecified atom stereocenters. The lowest BCUT2D eigenvalue weighted by Gasteiger charge is -2.17. The average Bonchev–Trinajstić information content (AvgIpc) is 3.86. The van der Waals surface area contributed by atoms with Crippen LogP contribution in [0.4, 0.5) is 10.5 Å². The smallest absolute Gasteiger partial charge is 0.309 e. The van der Waals surface area contributed by atoms with Crippen molar-refractivity contribution < 1.29 is 9.59 Å². The third kappa shape index (κ3) is 3.75. The van der Waals surface area contributed by atoms with Gasteiger partial charge in [0.05, 0.1) is 24.3 Å². The maximum absolute atomic E-state index is 12.9. The molecular weight excluding hydrogens is 506 g/mol. The molecule has 40 heavy (non-hydrogen) atoms. The zero-order valence-corrected chi connectivity index (χ0v) is 22.2. The number of amides is 3. The van der Waals surface area contributed by atoms with Gasteiger partial charge >= 0.3 is 6.03 Å². The van der Waals surface area contributed by atoms with Crippen molar-refractivity contribution in [2.75, 3.05) is 18.5 Å². The Balaban J connectivity index is 1.12. The first-order chi connectivity index (χ1) is 19.4. The molecule has 0 spiro atoms. The van der Waals surface area contributed by atoms with E-state index in [2.05, 4.69) is 27.2 Å². The Labute approximate surface area is 229 Å². The first-order valence-electron chi connectivity index (χ1n) is 13.6. The van der Waals surface area contributed by atoms with Crippen LogP contribution in [-0.2, 0) is 11.3 Å². The Bertz CT molecular complexity index is 1850. The SMILES string of the molecule is Cc1ccnc([C@H]2C[C@@H]2c2ccc3ncn(Cc4cn5cc(C6CC6)cc(N6CC(=O)N(C)C6=O)c5n4)c3n2)n1. The van der Waals surface area contributed by atoms with Gasteiger partial charge in [-0.1, -0.05) is 0 Å². The van der Waals surface area contributed by atoms with E-state index in [9.17, 15) is 9.59 Å². The second kappa shape index (κ2) is 8.41. The van der Waals surface area contributed by atoms with E-state index in [1.807, 2.05) is 46.5 Å². The third-order valence-corrected chi connectivity index (χ3v) is 8.26. The monoisotopic (exact) mass is 533 g/mol. The highest BCUT2D eigenvalue weighted by Gasteiger charge is 2.43. The number of imide groups is 1. The first-order valence-corrected chi connectivity index (χ1v) is 13.6. The molecule has 1 aliphatic heterocycles. The number of likely N-dealkylation sites (N-methyl/N-ethyl adjacent to an activating group) is 1. The molecule has 5 aromatic heterocycles. The summed E-state index contributed by atoms with van der Waals surface area (Å²) >= 11 is 0. The van der Waals surface area contributed by atoms with E-state index < -0.39 is 0 Å². The topological polar surface area (TPSA) is 114 Å². The lowest BCUT2D eigenvalue weighted by Crippen LogP contribution is -2.30. The number of urea groups is 1. The van der Waals surface area contributed by atoms with Crippen molar-refractivity contribution in [3.63, 3.8) is 0 Å². The van der Waals surface area contributed by atoms with Crippen molar-refractivity contribution in [2.45, 2.75) is 50.5 Å². The predicted molar refractivity (Wildman–Crippen MR) is 146 cm³/mol. The van der Waals surface area contributed by atoms with E-state index in [1.54, 1.807) is 6.33 Å². The zero-order chi connectivity index (χ0) is 27.1. The molecule has 2 atom stereocenters. The number of aryl methyl sites for hydroxylation is 1. The highest BCUT2D eigenvalue weighted by atomic mass is 16.2. The molecule has 5 aromatic rings. The molecule has 6 heterocycles. The molecule has 8 rings (SSSR count). The van der Waals surface area contributed by atoms with Gasteiger partial charge in [-0.25, -0.2) is 29.7 Å². The number of hydrogen-bond acceptors (Lipinski definition) is 7. The van der Waals surface area contributed by atoms with E-state index in [1.165, 1.54) is 16.8 Å². The number of carbonyl (C=O) groups is 2. The minimum Gasteiger partial charge on any atom is -0.309 e. The van der Waals surface area contributed by atoms with Gasteiger partial charge < -0.3 is 8.97 Å². The summed E-state index contributed by atoms with van der Waals surface area (Å²) in [6.07, 6.45) is 11.0. The molecule has 3 aliphatic rings. The Morgan fingerprint density at radius 1 is 0.975 bits per heavy atom. The lowest BCUT2D eigenvalue weighted by atomic mass is 10.1. The highest BCUT2D eigenvalue weighted by Crippen LogP contribution is 2.53. The molecule has 0 aromatic carbocycles. The van der Waals surface area contributed by atoms with Crippen molar-refractivity contribution in [1.29, 1.82) is 0 Å². The first kappa shape index (κ1) is 23.2. The minimum atomic E-state index is -0.323. The molecule has 2 aliphatic carbocycles. The van der Waals surface area contributed by atoms with Crippen LogP contribution in [0.5, 0.6) is 0 Å². The Hall–Kier alpha value is -4.67. The third-order valence-electron chi connectivity index (χ3n) is 8.26. The molecule has 200 valence electrons. The molecule has 1 saturated heterocycles. The number of imidazole rings is 2. The van der Waals surface area contributed by atoms with Gasteiger partial charge in [-0.3, -0.25) is 14.6 Å². The molecular formula is C29H27N9O2. The minimum absolute atomic E-state index is 0.0237. The van der Waals surface area contributed by atoms with Gasteiger partial charge in [-0.15, -0.1) is 0 Å². The summed E-state index contributed by atoms with van der Waals surface area (Å²) in [5.41, 5.74) is 6.97. The molecule has 11 heteroatoms. The largest absolute Gasteiger partial charge is 0.331 e. The zero-order valence-electron chi connectivity index (χ0n) is 22.2. The van der Waals surface area contributed by atoms with Crippen LogP contribution in [-0.4, -0.2) is 64.3 Å². The number of anilines is 1. The highest BCUT2D eigenvalue weighted by molar-refractivity contribution is 6.13. The molecule has 2 saturated carbocycles. The second-order valence-corrected chi connectivity index (χ2v) is 11.2. The van der Waals surface area contributed by atoms with Crippen LogP contribution in [0.3, 0.4) is 0 Å². The maximum atomic E-state index is 12.9. The molecule has 3 amide bonds. The van der Waals surface area contributed by atoms with Crippen molar-refractivity contribution in [3.05, 3.63) is 77.7 Å². The van der Waals surface area contributed by atoms with Gasteiger partial charge in [0.2, 0.25) is 5.91 Å². The number of rotatable bonds is 6. The van der Waals surface area contributed by atoms with Gasteiger partial charge in [0.1, 0.15) is 17.9 Å². The fourth-order valence-electron chi connectivity index (χ4n) is 5.76. The number of fused-ring (bicyclic) bond motifs is 2. The van der Waals surface area contributed by atoms with E-state index in [-0.39, 0.29) is 24.4 Å². The normalized spacial score (nSPS) is 20.9. The standard InChI is InChI=1S/C29H27N9O2/c1-16-7-8-30-26(32-16)21-10-20(21)22-5-6-23-27(34-22)37(15-31-23)13-19-12-36-11-18(17-3-4-17)9-24(28(36)33-19)38-14-25(39)35(2)29(38)40/h5-9,11-12,15,17,20-21H,3-4,10,13-14H2,1-2H3/t20-,21-/m0/s1. The molecule has 11 nitrogen and oxygen atoms in total. The Kier molecular flexibility index (Phi) is 4.89. The summed E-state index contributed by atoms with van der Waals surface area (Å²) in [6, 6.07) is 7.70. The van der Waals surface area contributed by atoms with E-state index >= 15 is 0 Å². The number of nitrogens with zero attached hydrogens (tertiary/aromatic N) is 9. The fourth-order valence-corrected chi connectivity index (χ4v) is 5.76. The van der Waals surface area contributed by atoms with E-state index in [0.717, 1.165) is 58.9 Å². The Morgan fingerprint density at radius 2 is 1.85 bits per heavy atom. The molecule has 0 N–H and O–H groups in total. The van der Waals surface area contributed by atoms with Crippen LogP contribution >= 0.6 is 0 Å². The number of aromatic nitrogens is 7. The number of hydrogen-bond donors (Lipinski definition) is 0. The quantitative estimate of drug-likeness (QED) is 0.305. The van der Waals surface area contributed by atoms with Crippen molar-refractivity contribution >= 4 is 34.4 Å². The van der Waals surface area contributed by atoms with Crippen LogP contribution in [0.15, 0.2) is 49.2 Å². The van der Waals surface area contributed by atoms with Crippen molar-refractivity contribution in [2.24, 2.45) is 0 Å². The van der Waals surface area contributed by atoms with Gasteiger partial charge in [0.15, 0.2) is 11.3 Å². The van der Waals surface area contributed by atoms with Crippen LogP contribution in [0.2, 0.25) is 0 Å². The van der Waals surface area contributed by atoms with Gasteiger partial charge in [0, 0.05) is 48.9 Å². The van der Waals surface area contributed by atoms with Crippen LogP contribution in [0, 0.1) is 6.92 Å². The van der Waals surface area contributed by atoms with Gasteiger partial charge in [-0.2, -0.15) is 0 Å². The fraction of sp³-hybridized carbons (Fsp3) is 0.345. The average molecular weight is 534 g/mol. The summed E-state index contributed by atoms with van der Waals surface area (Å²) in [4.78, 5) is 51.4. The maximum Gasteiger partial charge on any atom is 0.331 e. The summed E-state index contributed by atoms with van der Waals surface area (Å²) in [7, 11) is 1.52. The summed E-state index contributed by atoms with van der Waals surface area (Å²) in [5, 5.41) is 0. The van der Waals surface area contributed by atoms with Crippen molar-refractivity contribution in [3.8, 4) is 0 Å². The van der Waals surface area contributed by atoms with Crippen LogP contribution in [0.1, 0.15) is 65.5 Å². The van der Waals surface area contributed by atoms with Gasteiger partial charge in [-0.05, 0) is 61.9 Å².